The fourth-order valence-electron chi connectivity index (χ4n) is 2.96. The normalized spacial score (nSPS) is 19.0. The fourth-order valence-corrected chi connectivity index (χ4v) is 2.96. The number of aliphatic imine (C=N–C) groups is 1. The average Bonchev–Trinajstić information content (AvgIpc) is 3.01. The van der Waals surface area contributed by atoms with E-state index in [2.05, 4.69) is 66.3 Å². The van der Waals surface area contributed by atoms with Gasteiger partial charge in [-0.25, -0.2) is 0 Å². The Morgan fingerprint density at radius 1 is 1.40 bits per heavy atom. The average molecular weight is 460 g/mol. The predicted molar refractivity (Wildman–Crippen MR) is 116 cm³/mol. The number of nitrogens with one attached hydrogen (secondary N) is 1. The highest BCUT2D eigenvalue weighted by molar-refractivity contribution is 14.0. The molecule has 1 saturated heterocycles. The summed E-state index contributed by atoms with van der Waals surface area (Å²) in [4.78, 5) is 9.28. The van der Waals surface area contributed by atoms with Crippen LogP contribution in [0.5, 0.6) is 0 Å². The maximum atomic E-state index is 9.71. The van der Waals surface area contributed by atoms with Crippen LogP contribution in [0.15, 0.2) is 35.3 Å². The zero-order valence-corrected chi connectivity index (χ0v) is 18.0. The van der Waals surface area contributed by atoms with E-state index < -0.39 is 0 Å². The first-order chi connectivity index (χ1) is 11.6. The van der Waals surface area contributed by atoms with Crippen molar-refractivity contribution in [2.45, 2.75) is 45.4 Å². The third-order valence-corrected chi connectivity index (χ3v) is 4.63. The van der Waals surface area contributed by atoms with Crippen molar-refractivity contribution in [2.24, 2.45) is 4.99 Å². The van der Waals surface area contributed by atoms with Gasteiger partial charge < -0.3 is 15.3 Å². The van der Waals surface area contributed by atoms with E-state index in [1.54, 1.807) is 0 Å². The molecule has 25 heavy (non-hydrogen) atoms. The first kappa shape index (κ1) is 22.2. The highest BCUT2D eigenvalue weighted by atomic mass is 127. The van der Waals surface area contributed by atoms with Crippen LogP contribution in [0.3, 0.4) is 0 Å². The zero-order chi connectivity index (χ0) is 17.4. The molecular weight excluding hydrogens is 427 g/mol. The number of β-amino-alcohol motifs (C(OH)–C–C–N with tert-alkyl or cyclic N) is 1. The topological polar surface area (TPSA) is 51.1 Å². The predicted octanol–water partition coefficient (Wildman–Crippen LogP) is 2.55. The maximum Gasteiger partial charge on any atom is 0.194 e. The second kappa shape index (κ2) is 11.7. The largest absolute Gasteiger partial charge is 0.391 e. The number of benzene rings is 1. The van der Waals surface area contributed by atoms with Gasteiger partial charge in [0, 0.05) is 38.8 Å². The minimum atomic E-state index is -0.218. The van der Waals surface area contributed by atoms with Gasteiger partial charge >= 0.3 is 0 Å². The van der Waals surface area contributed by atoms with E-state index in [9.17, 15) is 5.11 Å². The lowest BCUT2D eigenvalue weighted by Gasteiger charge is -2.25. The molecule has 0 bridgehead atoms. The monoisotopic (exact) mass is 460 g/mol. The molecule has 2 atom stereocenters. The number of hydrogen-bond donors (Lipinski definition) is 2. The van der Waals surface area contributed by atoms with Crippen molar-refractivity contribution in [3.63, 3.8) is 0 Å². The molecule has 1 aromatic carbocycles. The van der Waals surface area contributed by atoms with E-state index in [0.29, 0.717) is 12.6 Å². The molecule has 1 aromatic rings. The molecule has 0 aliphatic carbocycles. The molecule has 2 rings (SSSR count). The summed E-state index contributed by atoms with van der Waals surface area (Å²) in [5.41, 5.74) is 1.34. The Labute approximate surface area is 169 Å². The number of hydrogen-bond acceptors (Lipinski definition) is 3. The summed E-state index contributed by atoms with van der Waals surface area (Å²) in [6.07, 6.45) is 1.64. The van der Waals surface area contributed by atoms with Crippen molar-refractivity contribution < 1.29 is 5.11 Å². The molecule has 1 aliphatic rings. The summed E-state index contributed by atoms with van der Waals surface area (Å²) < 4.78 is 0. The molecule has 5 nitrogen and oxygen atoms in total. The number of aliphatic hydroxyl groups excluding tert-OH is 1. The fraction of sp³-hybridized carbons (Fsp3) is 0.632. The van der Waals surface area contributed by atoms with Gasteiger partial charge in [-0.1, -0.05) is 30.3 Å². The molecule has 2 N–H and O–H groups in total. The van der Waals surface area contributed by atoms with E-state index in [-0.39, 0.29) is 30.1 Å². The van der Waals surface area contributed by atoms with Crippen LogP contribution in [-0.2, 0) is 6.54 Å². The van der Waals surface area contributed by atoms with Crippen molar-refractivity contribution in [3.8, 4) is 0 Å². The molecule has 0 aromatic heterocycles. The molecular formula is C19H33IN4O. The lowest BCUT2D eigenvalue weighted by atomic mass is 10.1. The quantitative estimate of drug-likeness (QED) is 0.373. The second-order valence-corrected chi connectivity index (χ2v) is 6.66. The molecule has 0 spiro atoms. The Bertz CT molecular complexity index is 511. The van der Waals surface area contributed by atoms with E-state index in [4.69, 9.17) is 4.99 Å². The summed E-state index contributed by atoms with van der Waals surface area (Å²) in [7, 11) is 2.17. The van der Waals surface area contributed by atoms with Crippen LogP contribution in [0.25, 0.3) is 0 Å². The Hall–Kier alpha value is -0.860. The van der Waals surface area contributed by atoms with Crippen molar-refractivity contribution in [1.82, 2.24) is 15.1 Å². The Morgan fingerprint density at radius 2 is 2.12 bits per heavy atom. The van der Waals surface area contributed by atoms with Crippen LogP contribution in [0, 0.1) is 0 Å². The molecule has 6 heteroatoms. The van der Waals surface area contributed by atoms with Gasteiger partial charge in [0.1, 0.15) is 0 Å². The standard InChI is InChI=1S/C19H32N4O.HI/c1-4-20-19(23-13-11-18(24)15-23)21-12-10-16(2)22(3)14-17-8-6-5-7-9-17;/h5-9,16,18,24H,4,10-15H2,1-3H3,(H,20,21);1H/t16?,18-;/m1./s1. The van der Waals surface area contributed by atoms with Crippen LogP contribution in [-0.4, -0.2) is 66.2 Å². The van der Waals surface area contributed by atoms with Gasteiger partial charge in [0.15, 0.2) is 5.96 Å². The Balaban J connectivity index is 0.00000312. The summed E-state index contributed by atoms with van der Waals surface area (Å²) >= 11 is 0. The maximum absolute atomic E-state index is 9.71. The van der Waals surface area contributed by atoms with Crippen molar-refractivity contribution >= 4 is 29.9 Å². The van der Waals surface area contributed by atoms with Gasteiger partial charge in [0.05, 0.1) is 6.10 Å². The Morgan fingerprint density at radius 3 is 2.72 bits per heavy atom. The minimum absolute atomic E-state index is 0. The second-order valence-electron chi connectivity index (χ2n) is 6.66. The number of aliphatic hydroxyl groups is 1. The van der Waals surface area contributed by atoms with Crippen molar-refractivity contribution in [1.29, 1.82) is 0 Å². The summed E-state index contributed by atoms with van der Waals surface area (Å²) in [6, 6.07) is 11.0. The van der Waals surface area contributed by atoms with Gasteiger partial charge in [0.2, 0.25) is 0 Å². The third kappa shape index (κ3) is 7.50. The van der Waals surface area contributed by atoms with Gasteiger partial charge in [0.25, 0.3) is 0 Å². The van der Waals surface area contributed by atoms with Crippen molar-refractivity contribution in [2.75, 3.05) is 33.2 Å². The molecule has 1 heterocycles. The number of nitrogens with zero attached hydrogens (tertiary/aromatic N) is 3. The molecule has 0 amide bonds. The van der Waals surface area contributed by atoms with Crippen molar-refractivity contribution in [3.05, 3.63) is 35.9 Å². The number of halogens is 1. The molecule has 1 aliphatic heterocycles. The molecule has 1 fully saturated rings. The van der Waals surface area contributed by atoms with Crippen LogP contribution in [0.1, 0.15) is 32.3 Å². The van der Waals surface area contributed by atoms with Crippen LogP contribution in [0.4, 0.5) is 0 Å². The van der Waals surface area contributed by atoms with E-state index in [1.807, 2.05) is 0 Å². The lowest BCUT2D eigenvalue weighted by molar-refractivity contribution is 0.187. The van der Waals surface area contributed by atoms with Gasteiger partial charge in [-0.2, -0.15) is 0 Å². The molecule has 1 unspecified atom stereocenters. The van der Waals surface area contributed by atoms with E-state index in [1.165, 1.54) is 5.56 Å². The van der Waals surface area contributed by atoms with Crippen LogP contribution >= 0.6 is 24.0 Å². The zero-order valence-electron chi connectivity index (χ0n) is 15.7. The lowest BCUT2D eigenvalue weighted by Crippen LogP contribution is -2.40. The van der Waals surface area contributed by atoms with E-state index >= 15 is 0 Å². The van der Waals surface area contributed by atoms with E-state index in [0.717, 1.165) is 45.0 Å². The number of rotatable bonds is 7. The van der Waals surface area contributed by atoms with Crippen LogP contribution in [0.2, 0.25) is 0 Å². The number of guanidine groups is 1. The summed E-state index contributed by atoms with van der Waals surface area (Å²) in [5.74, 6) is 0.937. The minimum Gasteiger partial charge on any atom is -0.391 e. The SMILES string of the molecule is CCNC(=NCCC(C)N(C)Cc1ccccc1)N1CC[C@@H](O)C1.I. The van der Waals surface area contributed by atoms with Gasteiger partial charge in [-0.15, -0.1) is 24.0 Å². The highest BCUT2D eigenvalue weighted by Gasteiger charge is 2.22. The van der Waals surface area contributed by atoms with Crippen LogP contribution < -0.4 is 5.32 Å². The molecule has 142 valence electrons. The third-order valence-electron chi connectivity index (χ3n) is 4.63. The highest BCUT2D eigenvalue weighted by Crippen LogP contribution is 2.10. The van der Waals surface area contributed by atoms with Gasteiger partial charge in [-0.05, 0) is 39.3 Å². The Kier molecular flexibility index (Phi) is 10.4. The summed E-state index contributed by atoms with van der Waals surface area (Å²) in [5, 5.41) is 13.1. The molecule has 0 radical (unpaired) electrons. The smallest absolute Gasteiger partial charge is 0.194 e. The summed E-state index contributed by atoms with van der Waals surface area (Å²) in [6.45, 7) is 8.53. The first-order valence-corrected chi connectivity index (χ1v) is 9.05. The first-order valence-electron chi connectivity index (χ1n) is 9.05. The number of likely N-dealkylation sites (tertiary alicyclic amines) is 1. The molecule has 0 saturated carbocycles. The van der Waals surface area contributed by atoms with Gasteiger partial charge in [-0.3, -0.25) is 9.89 Å².